The number of ether oxygens (including phenoxy) is 1. The first-order chi connectivity index (χ1) is 13.8. The number of carbonyl (C=O) groups is 2. The number of amides is 1. The maximum atomic E-state index is 12.6. The van der Waals surface area contributed by atoms with Gasteiger partial charge in [0, 0.05) is 17.3 Å². The van der Waals surface area contributed by atoms with Gasteiger partial charge in [-0.1, -0.05) is 49.3 Å². The average molecular weight is 434 g/mol. The number of hydrogen-bond donors (Lipinski definition) is 1. The van der Waals surface area contributed by atoms with E-state index in [2.05, 4.69) is 10.3 Å². The molecule has 2 aliphatic rings. The van der Waals surface area contributed by atoms with Crippen LogP contribution in [0.15, 0.2) is 51.6 Å². The van der Waals surface area contributed by atoms with Crippen LogP contribution in [0.2, 0.25) is 5.02 Å². The van der Waals surface area contributed by atoms with Crippen LogP contribution in [0.25, 0.3) is 0 Å². The molecule has 154 valence electrons. The number of nitrogens with zero attached hydrogens (tertiary/aromatic N) is 2. The number of carbonyl (C=O) groups excluding carboxylic acids is 2. The van der Waals surface area contributed by atoms with Crippen LogP contribution in [0, 0.1) is 5.92 Å². The topological polar surface area (TPSA) is 71.0 Å². The van der Waals surface area contributed by atoms with Gasteiger partial charge in [0.15, 0.2) is 5.17 Å². The number of rotatable bonds is 6. The van der Waals surface area contributed by atoms with Crippen molar-refractivity contribution in [3.8, 4) is 0 Å². The van der Waals surface area contributed by atoms with Crippen LogP contribution in [0.4, 0.5) is 0 Å². The molecule has 2 aliphatic heterocycles. The Morgan fingerprint density at radius 1 is 1.31 bits per heavy atom. The van der Waals surface area contributed by atoms with Gasteiger partial charge in [-0.3, -0.25) is 4.79 Å². The molecule has 0 aliphatic carbocycles. The largest absolute Gasteiger partial charge is 0.466 e. The van der Waals surface area contributed by atoms with E-state index in [9.17, 15) is 9.59 Å². The molecule has 29 heavy (non-hydrogen) atoms. The van der Waals surface area contributed by atoms with Crippen molar-refractivity contribution in [2.24, 2.45) is 10.9 Å². The standard InChI is InChI=1S/C21H24ClN3O3S/c1-12(2)10-23-17(26)9-16-11-29-21-24-13(3)18(20(27)28-4)19(25(16)21)14-5-7-15(22)8-6-14/h5-8,11-12,19H,9-10H2,1-4H3,(H,23,26)/t19-/m1/s1. The maximum Gasteiger partial charge on any atom is 0.338 e. The third kappa shape index (κ3) is 4.67. The first-order valence-corrected chi connectivity index (χ1v) is 10.6. The molecule has 0 aromatic heterocycles. The highest BCUT2D eigenvalue weighted by molar-refractivity contribution is 8.16. The van der Waals surface area contributed by atoms with Crippen molar-refractivity contribution in [2.75, 3.05) is 13.7 Å². The van der Waals surface area contributed by atoms with Crippen molar-refractivity contribution in [1.29, 1.82) is 0 Å². The smallest absolute Gasteiger partial charge is 0.338 e. The number of allylic oxidation sites excluding steroid dienone is 1. The van der Waals surface area contributed by atoms with E-state index in [1.54, 1.807) is 19.1 Å². The summed E-state index contributed by atoms with van der Waals surface area (Å²) in [6, 6.07) is 6.89. The van der Waals surface area contributed by atoms with Crippen LogP contribution in [-0.2, 0) is 14.3 Å². The van der Waals surface area contributed by atoms with Gasteiger partial charge in [0.1, 0.15) is 0 Å². The molecule has 1 N–H and O–H groups in total. The molecule has 8 heteroatoms. The van der Waals surface area contributed by atoms with Crippen molar-refractivity contribution in [1.82, 2.24) is 10.2 Å². The highest BCUT2D eigenvalue weighted by Gasteiger charge is 2.40. The lowest BCUT2D eigenvalue weighted by molar-refractivity contribution is -0.136. The lowest BCUT2D eigenvalue weighted by Gasteiger charge is -2.36. The molecule has 6 nitrogen and oxygen atoms in total. The summed E-state index contributed by atoms with van der Waals surface area (Å²) in [6.07, 6.45) is 0.205. The van der Waals surface area contributed by atoms with E-state index < -0.39 is 12.0 Å². The number of fused-ring (bicyclic) bond motifs is 1. The number of halogens is 1. The number of benzene rings is 1. The van der Waals surface area contributed by atoms with Crippen molar-refractivity contribution < 1.29 is 14.3 Å². The van der Waals surface area contributed by atoms with E-state index in [1.807, 2.05) is 36.3 Å². The van der Waals surface area contributed by atoms with Crippen molar-refractivity contribution >= 4 is 40.4 Å². The SMILES string of the molecule is COC(=O)C1=C(C)N=C2SC=C(CC(=O)NCC(C)C)N2[C@@H]1c1ccc(Cl)cc1. The summed E-state index contributed by atoms with van der Waals surface area (Å²) in [5.74, 6) is -0.130. The number of methoxy groups -OCH3 is 1. The Morgan fingerprint density at radius 2 is 2.00 bits per heavy atom. The second-order valence-corrected chi connectivity index (χ2v) is 8.58. The van der Waals surface area contributed by atoms with Crippen LogP contribution < -0.4 is 5.32 Å². The highest BCUT2D eigenvalue weighted by atomic mass is 35.5. The first-order valence-electron chi connectivity index (χ1n) is 9.36. The van der Waals surface area contributed by atoms with Gasteiger partial charge in [-0.25, -0.2) is 9.79 Å². The van der Waals surface area contributed by atoms with Gasteiger partial charge >= 0.3 is 5.97 Å². The molecular weight excluding hydrogens is 410 g/mol. The summed E-state index contributed by atoms with van der Waals surface area (Å²) < 4.78 is 5.04. The predicted molar refractivity (Wildman–Crippen MR) is 116 cm³/mol. The van der Waals surface area contributed by atoms with Gasteiger partial charge in [0.25, 0.3) is 0 Å². The molecule has 0 bridgehead atoms. The number of esters is 1. The Hall–Kier alpha value is -2.25. The summed E-state index contributed by atoms with van der Waals surface area (Å²) in [7, 11) is 1.36. The predicted octanol–water partition coefficient (Wildman–Crippen LogP) is 4.25. The number of nitrogens with one attached hydrogen (secondary N) is 1. The quantitative estimate of drug-likeness (QED) is 0.679. The average Bonchev–Trinajstić information content (AvgIpc) is 3.07. The van der Waals surface area contributed by atoms with Gasteiger partial charge in [-0.2, -0.15) is 0 Å². The minimum atomic E-state index is -0.439. The third-order valence-corrected chi connectivity index (χ3v) is 5.78. The summed E-state index contributed by atoms with van der Waals surface area (Å²) in [5.41, 5.74) is 2.73. The molecule has 0 unspecified atom stereocenters. The van der Waals surface area contributed by atoms with E-state index in [0.29, 0.717) is 28.8 Å². The second kappa shape index (κ2) is 9.05. The van der Waals surface area contributed by atoms with E-state index >= 15 is 0 Å². The molecule has 1 amide bonds. The Kier molecular flexibility index (Phi) is 6.70. The lowest BCUT2D eigenvalue weighted by atomic mass is 9.94. The minimum absolute atomic E-state index is 0.0625. The second-order valence-electron chi connectivity index (χ2n) is 7.31. The van der Waals surface area contributed by atoms with Crippen LogP contribution >= 0.6 is 23.4 Å². The molecule has 0 fully saturated rings. The van der Waals surface area contributed by atoms with E-state index in [4.69, 9.17) is 16.3 Å². The van der Waals surface area contributed by atoms with Gasteiger partial charge in [0.2, 0.25) is 5.91 Å². The van der Waals surface area contributed by atoms with Crippen molar-refractivity contribution in [3.05, 3.63) is 57.2 Å². The van der Waals surface area contributed by atoms with Crippen molar-refractivity contribution in [2.45, 2.75) is 33.2 Å². The molecule has 3 rings (SSSR count). The maximum absolute atomic E-state index is 12.6. The van der Waals surface area contributed by atoms with E-state index in [1.165, 1.54) is 18.9 Å². The number of aliphatic imine (C=N–C) groups is 1. The fourth-order valence-corrected chi connectivity index (χ4v) is 4.34. The van der Waals surface area contributed by atoms with Gasteiger partial charge in [0.05, 0.1) is 30.8 Å². The summed E-state index contributed by atoms with van der Waals surface area (Å²) in [6.45, 7) is 6.51. The van der Waals surface area contributed by atoms with Gasteiger partial charge in [-0.05, 0) is 35.9 Å². The van der Waals surface area contributed by atoms with Crippen LogP contribution in [-0.4, -0.2) is 35.6 Å². The van der Waals surface area contributed by atoms with Gasteiger partial charge < -0.3 is 15.0 Å². The molecule has 1 aromatic rings. The summed E-state index contributed by atoms with van der Waals surface area (Å²) >= 11 is 7.51. The summed E-state index contributed by atoms with van der Waals surface area (Å²) in [5, 5.41) is 6.21. The normalized spacial score (nSPS) is 18.4. The van der Waals surface area contributed by atoms with E-state index in [-0.39, 0.29) is 12.3 Å². The number of hydrogen-bond acceptors (Lipinski definition) is 6. The van der Waals surface area contributed by atoms with Crippen LogP contribution in [0.1, 0.15) is 38.8 Å². The molecule has 1 aromatic carbocycles. The van der Waals surface area contributed by atoms with E-state index in [0.717, 1.165) is 16.4 Å². The fraction of sp³-hybridized carbons (Fsp3) is 0.381. The zero-order chi connectivity index (χ0) is 21.1. The van der Waals surface area contributed by atoms with Crippen LogP contribution in [0.3, 0.4) is 0 Å². The van der Waals surface area contributed by atoms with Crippen molar-refractivity contribution in [3.63, 3.8) is 0 Å². The molecule has 0 saturated heterocycles. The summed E-state index contributed by atoms with van der Waals surface area (Å²) in [4.78, 5) is 31.6. The zero-order valence-corrected chi connectivity index (χ0v) is 18.4. The monoisotopic (exact) mass is 433 g/mol. The zero-order valence-electron chi connectivity index (χ0n) is 16.9. The van der Waals surface area contributed by atoms with Crippen LogP contribution in [0.5, 0.6) is 0 Å². The third-order valence-electron chi connectivity index (χ3n) is 4.64. The number of thioether (sulfide) groups is 1. The molecule has 2 heterocycles. The highest BCUT2D eigenvalue weighted by Crippen LogP contribution is 2.44. The first kappa shape index (κ1) is 21.5. The Bertz CT molecular complexity index is 906. The fourth-order valence-electron chi connectivity index (χ4n) is 3.25. The molecule has 0 spiro atoms. The Balaban J connectivity index is 1.97. The Morgan fingerprint density at radius 3 is 2.62 bits per heavy atom. The molecular formula is C21H24ClN3O3S. The van der Waals surface area contributed by atoms with Gasteiger partial charge in [-0.15, -0.1) is 0 Å². The number of amidine groups is 1. The molecule has 1 atom stereocenters. The minimum Gasteiger partial charge on any atom is -0.466 e. The molecule has 0 saturated carbocycles. The lowest BCUT2D eigenvalue weighted by Crippen LogP contribution is -2.38. The molecule has 0 radical (unpaired) electrons. The Labute approximate surface area is 180 Å².